The number of benzene rings is 1. The maximum atomic E-state index is 12.6. The smallest absolute Gasteiger partial charge is 0.375 e. The molecule has 20 heavy (non-hydrogen) atoms. The van der Waals surface area contributed by atoms with Crippen LogP contribution in [0.5, 0.6) is 0 Å². The average molecular weight is 301 g/mol. The quantitative estimate of drug-likeness (QED) is 0.814. The van der Waals surface area contributed by atoms with Gasteiger partial charge in [-0.1, -0.05) is 11.3 Å². The van der Waals surface area contributed by atoms with Crippen LogP contribution in [0.2, 0.25) is 0 Å². The highest BCUT2D eigenvalue weighted by Crippen LogP contribution is 2.36. The van der Waals surface area contributed by atoms with Crippen molar-refractivity contribution in [2.24, 2.45) is 0 Å². The fourth-order valence-electron chi connectivity index (χ4n) is 2.39. The van der Waals surface area contributed by atoms with Crippen molar-refractivity contribution in [1.29, 1.82) is 0 Å². The normalized spacial score (nSPS) is 15.4. The third-order valence-corrected chi connectivity index (χ3v) is 4.06. The van der Waals surface area contributed by atoms with Gasteiger partial charge in [0, 0.05) is 12.2 Å². The molecule has 0 unspecified atom stereocenters. The van der Waals surface area contributed by atoms with Crippen LogP contribution >= 0.6 is 11.3 Å². The Bertz CT molecular complexity index is 695. The Hall–Kier alpha value is -1.83. The number of rotatable bonds is 0. The summed E-state index contributed by atoms with van der Waals surface area (Å²) in [6.07, 6.45) is -3.74. The number of alkyl halides is 3. The molecule has 1 aromatic carbocycles. The number of carbonyl (C=O) groups excluding carboxylic acids is 1. The minimum atomic E-state index is -4.86. The lowest BCUT2D eigenvalue weighted by molar-refractivity contribution is -0.170. The van der Waals surface area contributed by atoms with Crippen molar-refractivity contribution in [2.75, 3.05) is 17.2 Å². The van der Waals surface area contributed by atoms with Crippen molar-refractivity contribution in [3.05, 3.63) is 17.7 Å². The second-order valence-electron chi connectivity index (χ2n) is 4.56. The first-order valence-corrected chi connectivity index (χ1v) is 6.75. The van der Waals surface area contributed by atoms with E-state index in [-0.39, 0.29) is 6.54 Å². The maximum Gasteiger partial charge on any atom is 0.471 e. The molecule has 1 aromatic heterocycles. The Labute approximate surface area is 116 Å². The summed E-state index contributed by atoms with van der Waals surface area (Å²) in [7, 11) is 0. The van der Waals surface area contributed by atoms with Gasteiger partial charge in [-0.05, 0) is 30.5 Å². The minimum absolute atomic E-state index is 0.0745. The van der Waals surface area contributed by atoms with E-state index in [1.807, 2.05) is 0 Å². The van der Waals surface area contributed by atoms with Crippen LogP contribution in [0.15, 0.2) is 12.1 Å². The predicted octanol–water partition coefficient (Wildman–Crippen LogP) is 2.72. The largest absolute Gasteiger partial charge is 0.471 e. The molecule has 0 saturated heterocycles. The van der Waals surface area contributed by atoms with Crippen LogP contribution in [0.4, 0.5) is 24.0 Å². The summed E-state index contributed by atoms with van der Waals surface area (Å²) < 4.78 is 38.6. The molecule has 8 heteroatoms. The number of aryl methyl sites for hydroxylation is 1. The lowest BCUT2D eigenvalue weighted by atomic mass is 10.0. The summed E-state index contributed by atoms with van der Waals surface area (Å²) in [4.78, 5) is 16.4. The zero-order valence-electron chi connectivity index (χ0n) is 10.2. The Morgan fingerprint density at radius 1 is 1.40 bits per heavy atom. The second-order valence-corrected chi connectivity index (χ2v) is 5.62. The predicted molar refractivity (Wildman–Crippen MR) is 70.8 cm³/mol. The fourth-order valence-corrected chi connectivity index (χ4v) is 3.14. The molecule has 0 saturated carbocycles. The molecule has 4 nitrogen and oxygen atoms in total. The van der Waals surface area contributed by atoms with E-state index in [2.05, 4.69) is 4.98 Å². The van der Waals surface area contributed by atoms with E-state index in [1.54, 1.807) is 12.1 Å². The third-order valence-electron chi connectivity index (χ3n) is 3.21. The average Bonchev–Trinajstić information content (AvgIpc) is 2.72. The maximum absolute atomic E-state index is 12.6. The number of carbonyl (C=O) groups is 1. The number of fused-ring (bicyclic) bond motifs is 2. The molecule has 2 heterocycles. The molecule has 106 valence electrons. The number of nitrogen functional groups attached to an aromatic ring is 1. The van der Waals surface area contributed by atoms with Crippen LogP contribution in [0, 0.1) is 0 Å². The van der Waals surface area contributed by atoms with Crippen molar-refractivity contribution in [3.8, 4) is 0 Å². The number of hydrogen-bond acceptors (Lipinski definition) is 4. The second kappa shape index (κ2) is 4.34. The standard InChI is InChI=1S/C12H10F3N3OS/c13-12(14,15)10(19)18-3-1-2-6-4-7-9(5-8(6)18)20-11(16)17-7/h4-5H,1-3H2,(H2,16,17). The highest BCUT2D eigenvalue weighted by Gasteiger charge is 2.44. The molecule has 0 bridgehead atoms. The molecule has 2 N–H and O–H groups in total. The van der Waals surface area contributed by atoms with Gasteiger partial charge in [0.05, 0.1) is 10.2 Å². The zero-order valence-corrected chi connectivity index (χ0v) is 11.0. The molecular weight excluding hydrogens is 291 g/mol. The van der Waals surface area contributed by atoms with Crippen molar-refractivity contribution in [2.45, 2.75) is 19.0 Å². The summed E-state index contributed by atoms with van der Waals surface area (Å²) in [5.74, 6) is -1.82. The number of halogens is 3. The summed E-state index contributed by atoms with van der Waals surface area (Å²) >= 11 is 1.19. The Morgan fingerprint density at radius 2 is 2.15 bits per heavy atom. The van der Waals surface area contributed by atoms with E-state index in [0.717, 1.165) is 4.90 Å². The number of aromatic nitrogens is 1. The van der Waals surface area contributed by atoms with Gasteiger partial charge in [0.1, 0.15) is 0 Å². The van der Waals surface area contributed by atoms with Gasteiger partial charge in [-0.25, -0.2) is 4.98 Å². The molecule has 0 atom stereocenters. The first kappa shape index (κ1) is 13.2. The van der Waals surface area contributed by atoms with E-state index in [9.17, 15) is 18.0 Å². The lowest BCUT2D eigenvalue weighted by Crippen LogP contribution is -2.43. The summed E-state index contributed by atoms with van der Waals surface area (Å²) in [5.41, 5.74) is 7.27. The molecule has 0 spiro atoms. The summed E-state index contributed by atoms with van der Waals surface area (Å²) in [5, 5.41) is 0.357. The van der Waals surface area contributed by atoms with Crippen LogP contribution in [0.25, 0.3) is 10.2 Å². The molecule has 1 amide bonds. The molecule has 0 radical (unpaired) electrons. The van der Waals surface area contributed by atoms with Crippen LogP contribution in [0.3, 0.4) is 0 Å². The van der Waals surface area contributed by atoms with E-state index in [4.69, 9.17) is 5.73 Å². The molecule has 1 aliphatic rings. The van der Waals surface area contributed by atoms with E-state index in [1.165, 1.54) is 11.3 Å². The number of anilines is 2. The molecule has 3 rings (SSSR count). The van der Waals surface area contributed by atoms with Crippen LogP contribution in [-0.2, 0) is 11.2 Å². The third kappa shape index (κ3) is 2.09. The minimum Gasteiger partial charge on any atom is -0.375 e. The molecular formula is C12H10F3N3OS. The monoisotopic (exact) mass is 301 g/mol. The van der Waals surface area contributed by atoms with Gasteiger partial charge in [-0.15, -0.1) is 0 Å². The van der Waals surface area contributed by atoms with Gasteiger partial charge >= 0.3 is 12.1 Å². The zero-order chi connectivity index (χ0) is 14.5. The van der Waals surface area contributed by atoms with E-state index in [0.29, 0.717) is 39.4 Å². The molecule has 2 aromatic rings. The highest BCUT2D eigenvalue weighted by molar-refractivity contribution is 7.22. The van der Waals surface area contributed by atoms with E-state index < -0.39 is 12.1 Å². The van der Waals surface area contributed by atoms with Crippen LogP contribution in [-0.4, -0.2) is 23.6 Å². The Morgan fingerprint density at radius 3 is 2.85 bits per heavy atom. The van der Waals surface area contributed by atoms with Crippen molar-refractivity contribution in [1.82, 2.24) is 4.98 Å². The first-order valence-electron chi connectivity index (χ1n) is 5.94. The topological polar surface area (TPSA) is 59.2 Å². The van der Waals surface area contributed by atoms with Crippen molar-refractivity contribution in [3.63, 3.8) is 0 Å². The van der Waals surface area contributed by atoms with Crippen LogP contribution < -0.4 is 10.6 Å². The lowest BCUT2D eigenvalue weighted by Gasteiger charge is -2.30. The highest BCUT2D eigenvalue weighted by atomic mass is 32.1. The summed E-state index contributed by atoms with van der Waals surface area (Å²) in [6.45, 7) is 0.0745. The van der Waals surface area contributed by atoms with Gasteiger partial charge in [0.2, 0.25) is 0 Å². The molecule has 0 fully saturated rings. The summed E-state index contributed by atoms with van der Waals surface area (Å²) in [6, 6.07) is 3.29. The number of hydrogen-bond donors (Lipinski definition) is 1. The van der Waals surface area contributed by atoms with Gasteiger partial charge in [0.25, 0.3) is 0 Å². The fraction of sp³-hybridized carbons (Fsp3) is 0.333. The van der Waals surface area contributed by atoms with Crippen LogP contribution in [0.1, 0.15) is 12.0 Å². The van der Waals surface area contributed by atoms with Crippen molar-refractivity contribution < 1.29 is 18.0 Å². The van der Waals surface area contributed by atoms with Gasteiger partial charge < -0.3 is 10.6 Å². The van der Waals surface area contributed by atoms with E-state index >= 15 is 0 Å². The number of nitrogens with zero attached hydrogens (tertiary/aromatic N) is 2. The Kier molecular flexibility index (Phi) is 2.86. The Balaban J connectivity index is 2.12. The van der Waals surface area contributed by atoms with Crippen molar-refractivity contribution >= 4 is 38.3 Å². The number of amides is 1. The van der Waals surface area contributed by atoms with Gasteiger partial charge in [0.15, 0.2) is 5.13 Å². The van der Waals surface area contributed by atoms with Gasteiger partial charge in [-0.2, -0.15) is 13.2 Å². The molecule has 1 aliphatic heterocycles. The molecule has 0 aliphatic carbocycles. The number of thiazole rings is 1. The number of nitrogens with two attached hydrogens (primary N) is 1. The first-order chi connectivity index (χ1) is 9.36. The SMILES string of the molecule is Nc1nc2cc3c(cc2s1)N(C(=O)C(F)(F)F)CCC3. The van der Waals surface area contributed by atoms with Gasteiger partial charge in [-0.3, -0.25) is 4.79 Å².